The van der Waals surface area contributed by atoms with Crippen LogP contribution in [0.3, 0.4) is 0 Å². The van der Waals surface area contributed by atoms with Crippen LogP contribution in [-0.4, -0.2) is 30.3 Å². The summed E-state index contributed by atoms with van der Waals surface area (Å²) in [6, 6.07) is 0.785. The van der Waals surface area contributed by atoms with Crippen molar-refractivity contribution in [2.45, 2.75) is 71.3 Å². The highest BCUT2D eigenvalue weighted by Crippen LogP contribution is 2.37. The molecule has 2 aliphatic rings. The maximum atomic E-state index is 11.7. The van der Waals surface area contributed by atoms with Gasteiger partial charge in [-0.1, -0.05) is 39.5 Å². The van der Waals surface area contributed by atoms with E-state index in [0.29, 0.717) is 5.92 Å². The van der Waals surface area contributed by atoms with Gasteiger partial charge in [-0.3, -0.25) is 4.90 Å². The second-order valence-electron chi connectivity index (χ2n) is 6.95. The van der Waals surface area contributed by atoms with Crippen molar-refractivity contribution in [1.29, 1.82) is 0 Å². The molecule has 0 bridgehead atoms. The van der Waals surface area contributed by atoms with Crippen molar-refractivity contribution in [1.82, 2.24) is 4.90 Å². The smallest absolute Gasteiger partial charge is 0.127 e. The van der Waals surface area contributed by atoms with Gasteiger partial charge in [0.2, 0.25) is 0 Å². The van der Waals surface area contributed by atoms with Crippen LogP contribution >= 0.6 is 0 Å². The van der Waals surface area contributed by atoms with Crippen LogP contribution in [-0.2, 0) is 4.79 Å². The minimum atomic E-state index is -0.0199. The molecule has 0 aromatic carbocycles. The molecule has 0 aliphatic heterocycles. The maximum absolute atomic E-state index is 11.7. The molecule has 0 unspecified atom stereocenters. The van der Waals surface area contributed by atoms with Gasteiger partial charge in [0.1, 0.15) is 6.29 Å². The van der Waals surface area contributed by atoms with Crippen LogP contribution in [0.2, 0.25) is 0 Å². The topological polar surface area (TPSA) is 20.3 Å². The van der Waals surface area contributed by atoms with E-state index in [-0.39, 0.29) is 5.41 Å². The lowest BCUT2D eigenvalue weighted by Gasteiger charge is -2.34. The molecule has 0 radical (unpaired) electrons. The third kappa shape index (κ3) is 3.81. The SMILES string of the molecule is CC(C)CN(CC1(C=O)CCCCCC1)C1CC1. The van der Waals surface area contributed by atoms with E-state index in [1.807, 2.05) is 0 Å². The van der Waals surface area contributed by atoms with E-state index in [2.05, 4.69) is 18.7 Å². The Hall–Kier alpha value is -0.370. The summed E-state index contributed by atoms with van der Waals surface area (Å²) in [6.07, 6.45) is 11.4. The molecule has 0 aromatic heterocycles. The first-order chi connectivity index (χ1) is 8.65. The second-order valence-corrected chi connectivity index (χ2v) is 6.95. The monoisotopic (exact) mass is 251 g/mol. The molecule has 2 saturated carbocycles. The Kier molecular flexibility index (Phi) is 4.83. The predicted octanol–water partition coefficient (Wildman–Crippen LogP) is 3.65. The quantitative estimate of drug-likeness (QED) is 0.530. The Morgan fingerprint density at radius 3 is 2.22 bits per heavy atom. The zero-order valence-electron chi connectivity index (χ0n) is 12.2. The summed E-state index contributed by atoms with van der Waals surface area (Å²) in [5, 5.41) is 0. The Labute approximate surface area is 112 Å². The molecule has 2 aliphatic carbocycles. The number of carbonyl (C=O) groups excluding carboxylic acids is 1. The molecule has 2 rings (SSSR count). The van der Waals surface area contributed by atoms with Crippen molar-refractivity contribution in [3.63, 3.8) is 0 Å². The minimum Gasteiger partial charge on any atom is -0.303 e. The standard InChI is InChI=1S/C16H29NO/c1-14(2)11-17(15-7-8-15)12-16(13-18)9-5-3-4-6-10-16/h13-15H,3-12H2,1-2H3. The van der Waals surface area contributed by atoms with Crippen molar-refractivity contribution in [3.8, 4) is 0 Å². The first-order valence-electron chi connectivity index (χ1n) is 7.86. The van der Waals surface area contributed by atoms with E-state index >= 15 is 0 Å². The molecule has 0 aromatic rings. The van der Waals surface area contributed by atoms with Crippen LogP contribution in [0.1, 0.15) is 65.2 Å². The van der Waals surface area contributed by atoms with Crippen molar-refractivity contribution in [2.24, 2.45) is 11.3 Å². The molecule has 2 fully saturated rings. The molecule has 0 N–H and O–H groups in total. The minimum absolute atomic E-state index is 0.0199. The van der Waals surface area contributed by atoms with Gasteiger partial charge in [0, 0.05) is 24.5 Å². The molecule has 2 heteroatoms. The van der Waals surface area contributed by atoms with Gasteiger partial charge in [-0.25, -0.2) is 0 Å². The summed E-state index contributed by atoms with van der Waals surface area (Å²) in [4.78, 5) is 14.3. The van der Waals surface area contributed by atoms with E-state index in [1.165, 1.54) is 51.4 Å². The Morgan fingerprint density at radius 1 is 1.17 bits per heavy atom. The summed E-state index contributed by atoms with van der Waals surface area (Å²) in [6.45, 7) is 6.77. The summed E-state index contributed by atoms with van der Waals surface area (Å²) in [5.74, 6) is 0.708. The Morgan fingerprint density at radius 2 is 1.78 bits per heavy atom. The lowest BCUT2D eigenvalue weighted by molar-refractivity contribution is -0.118. The molecule has 104 valence electrons. The highest BCUT2D eigenvalue weighted by atomic mass is 16.1. The van der Waals surface area contributed by atoms with Gasteiger partial charge in [-0.05, 0) is 31.6 Å². The van der Waals surface area contributed by atoms with Crippen molar-refractivity contribution in [3.05, 3.63) is 0 Å². The second kappa shape index (κ2) is 6.18. The van der Waals surface area contributed by atoms with Crippen LogP contribution in [0.5, 0.6) is 0 Å². The van der Waals surface area contributed by atoms with E-state index in [4.69, 9.17) is 0 Å². The van der Waals surface area contributed by atoms with Crippen LogP contribution in [0.15, 0.2) is 0 Å². The molecular formula is C16H29NO. The van der Waals surface area contributed by atoms with Gasteiger partial charge >= 0.3 is 0 Å². The number of aldehydes is 1. The van der Waals surface area contributed by atoms with E-state index in [0.717, 1.165) is 25.4 Å². The molecule has 0 heterocycles. The van der Waals surface area contributed by atoms with Gasteiger partial charge in [0.05, 0.1) is 0 Å². The maximum Gasteiger partial charge on any atom is 0.127 e. The number of hydrogen-bond acceptors (Lipinski definition) is 2. The average molecular weight is 251 g/mol. The average Bonchev–Trinajstić information content (AvgIpc) is 3.15. The molecule has 0 amide bonds. The molecular weight excluding hydrogens is 222 g/mol. The molecule has 0 atom stereocenters. The zero-order valence-corrected chi connectivity index (χ0v) is 12.2. The van der Waals surface area contributed by atoms with Gasteiger partial charge in [0.25, 0.3) is 0 Å². The normalized spacial score (nSPS) is 24.2. The van der Waals surface area contributed by atoms with Gasteiger partial charge in [0.15, 0.2) is 0 Å². The highest BCUT2D eigenvalue weighted by Gasteiger charge is 2.37. The summed E-state index contributed by atoms with van der Waals surface area (Å²) < 4.78 is 0. The third-order valence-corrected chi connectivity index (χ3v) is 4.53. The molecule has 18 heavy (non-hydrogen) atoms. The fraction of sp³-hybridized carbons (Fsp3) is 0.938. The van der Waals surface area contributed by atoms with Gasteiger partial charge < -0.3 is 4.79 Å². The van der Waals surface area contributed by atoms with E-state index in [1.54, 1.807) is 0 Å². The zero-order chi connectivity index (χ0) is 13.0. The first kappa shape index (κ1) is 14.0. The third-order valence-electron chi connectivity index (χ3n) is 4.53. The predicted molar refractivity (Wildman–Crippen MR) is 75.6 cm³/mol. The largest absolute Gasteiger partial charge is 0.303 e. The number of nitrogens with zero attached hydrogens (tertiary/aromatic N) is 1. The van der Waals surface area contributed by atoms with Crippen LogP contribution in [0, 0.1) is 11.3 Å². The van der Waals surface area contributed by atoms with Gasteiger partial charge in [-0.15, -0.1) is 0 Å². The fourth-order valence-electron chi connectivity index (χ4n) is 3.40. The molecule has 0 saturated heterocycles. The van der Waals surface area contributed by atoms with Crippen molar-refractivity contribution >= 4 is 6.29 Å². The number of carbonyl (C=O) groups is 1. The van der Waals surface area contributed by atoms with E-state index in [9.17, 15) is 4.79 Å². The van der Waals surface area contributed by atoms with Crippen molar-refractivity contribution < 1.29 is 4.79 Å². The number of hydrogen-bond donors (Lipinski definition) is 0. The van der Waals surface area contributed by atoms with Crippen LogP contribution in [0.4, 0.5) is 0 Å². The lowest BCUT2D eigenvalue weighted by atomic mass is 9.81. The molecule has 2 nitrogen and oxygen atoms in total. The molecule has 0 spiro atoms. The fourth-order valence-corrected chi connectivity index (χ4v) is 3.40. The summed E-state index contributed by atoms with van der Waals surface area (Å²) in [5.41, 5.74) is -0.0199. The van der Waals surface area contributed by atoms with Crippen LogP contribution in [0.25, 0.3) is 0 Å². The highest BCUT2D eigenvalue weighted by molar-refractivity contribution is 5.59. The summed E-state index contributed by atoms with van der Waals surface area (Å²) in [7, 11) is 0. The van der Waals surface area contributed by atoms with Crippen LogP contribution < -0.4 is 0 Å². The number of rotatable bonds is 6. The summed E-state index contributed by atoms with van der Waals surface area (Å²) >= 11 is 0. The Balaban J connectivity index is 1.99. The van der Waals surface area contributed by atoms with Gasteiger partial charge in [-0.2, -0.15) is 0 Å². The van der Waals surface area contributed by atoms with E-state index < -0.39 is 0 Å². The lowest BCUT2D eigenvalue weighted by Crippen LogP contribution is -2.41. The Bertz CT molecular complexity index is 262. The first-order valence-corrected chi connectivity index (χ1v) is 7.86. The van der Waals surface area contributed by atoms with Crippen molar-refractivity contribution in [2.75, 3.05) is 13.1 Å².